The topological polar surface area (TPSA) is 33.0 Å². The van der Waals surface area contributed by atoms with Gasteiger partial charge in [-0.25, -0.2) is 0 Å². The average Bonchev–Trinajstić information content (AvgIpc) is 2.59. The molecule has 1 heterocycles. The summed E-state index contributed by atoms with van der Waals surface area (Å²) in [5, 5.41) is 9.47. The Kier molecular flexibility index (Phi) is 4.63. The van der Waals surface area contributed by atoms with E-state index in [2.05, 4.69) is 22.0 Å². The van der Waals surface area contributed by atoms with Gasteiger partial charge >= 0.3 is 0 Å². The molecule has 2 atom stereocenters. The van der Waals surface area contributed by atoms with Crippen LogP contribution >= 0.6 is 15.9 Å². The maximum atomic E-state index is 8.68. The SMILES string of the molecule is N#CC(CBr)CCC1CCCO1. The van der Waals surface area contributed by atoms with Crippen molar-refractivity contribution >= 4 is 15.9 Å². The predicted octanol–water partition coefficient (Wildman–Crippen LogP) is 2.48. The lowest BCUT2D eigenvalue weighted by molar-refractivity contribution is 0.101. The van der Waals surface area contributed by atoms with Crippen LogP contribution in [-0.2, 0) is 4.74 Å². The summed E-state index contributed by atoms with van der Waals surface area (Å²) >= 11 is 3.32. The van der Waals surface area contributed by atoms with Gasteiger partial charge < -0.3 is 4.74 Å². The second-order valence-electron chi connectivity index (χ2n) is 3.19. The highest BCUT2D eigenvalue weighted by atomic mass is 79.9. The van der Waals surface area contributed by atoms with Gasteiger partial charge in [0.25, 0.3) is 0 Å². The molecule has 0 aromatic rings. The lowest BCUT2D eigenvalue weighted by atomic mass is 10.0. The number of hydrogen-bond donors (Lipinski definition) is 0. The van der Waals surface area contributed by atoms with E-state index in [9.17, 15) is 0 Å². The van der Waals surface area contributed by atoms with Gasteiger partial charge in [0.15, 0.2) is 0 Å². The van der Waals surface area contributed by atoms with Crippen LogP contribution in [0.3, 0.4) is 0 Å². The quantitative estimate of drug-likeness (QED) is 0.697. The number of alkyl halides is 1. The highest BCUT2D eigenvalue weighted by Gasteiger charge is 2.16. The number of rotatable bonds is 4. The van der Waals surface area contributed by atoms with Crippen LogP contribution in [0.15, 0.2) is 0 Å². The second-order valence-corrected chi connectivity index (χ2v) is 3.84. The van der Waals surface area contributed by atoms with Crippen LogP contribution in [0.25, 0.3) is 0 Å². The Hall–Kier alpha value is -0.0700. The van der Waals surface area contributed by atoms with Crippen molar-refractivity contribution in [2.75, 3.05) is 11.9 Å². The molecule has 1 saturated heterocycles. The first-order valence-corrected chi connectivity index (χ1v) is 5.56. The predicted molar refractivity (Wildman–Crippen MR) is 51.1 cm³/mol. The number of halogens is 1. The van der Waals surface area contributed by atoms with Crippen molar-refractivity contribution in [2.45, 2.75) is 31.8 Å². The average molecular weight is 232 g/mol. The van der Waals surface area contributed by atoms with Crippen LogP contribution in [0.4, 0.5) is 0 Å². The molecule has 0 aromatic heterocycles. The number of nitrogens with zero attached hydrogens (tertiary/aromatic N) is 1. The first kappa shape index (κ1) is 10.0. The van der Waals surface area contributed by atoms with Gasteiger partial charge in [-0.1, -0.05) is 15.9 Å². The van der Waals surface area contributed by atoms with Gasteiger partial charge in [0.1, 0.15) is 0 Å². The molecule has 0 amide bonds. The van der Waals surface area contributed by atoms with Gasteiger partial charge in [0.05, 0.1) is 18.1 Å². The largest absolute Gasteiger partial charge is 0.378 e. The van der Waals surface area contributed by atoms with Crippen LogP contribution in [0.2, 0.25) is 0 Å². The molecule has 0 radical (unpaired) electrons. The van der Waals surface area contributed by atoms with Crippen molar-refractivity contribution in [1.82, 2.24) is 0 Å². The summed E-state index contributed by atoms with van der Waals surface area (Å²) in [4.78, 5) is 0. The van der Waals surface area contributed by atoms with E-state index in [4.69, 9.17) is 10.00 Å². The number of hydrogen-bond acceptors (Lipinski definition) is 2. The molecule has 1 rings (SSSR count). The Bertz CT molecular complexity index is 160. The van der Waals surface area contributed by atoms with E-state index in [-0.39, 0.29) is 5.92 Å². The molecule has 0 spiro atoms. The lowest BCUT2D eigenvalue weighted by Gasteiger charge is -2.10. The Morgan fingerprint density at radius 1 is 1.67 bits per heavy atom. The summed E-state index contributed by atoms with van der Waals surface area (Å²) in [5.74, 6) is 0.161. The van der Waals surface area contributed by atoms with E-state index in [1.807, 2.05) is 0 Å². The van der Waals surface area contributed by atoms with Crippen molar-refractivity contribution in [3.8, 4) is 6.07 Å². The number of nitriles is 1. The third-order valence-electron chi connectivity index (χ3n) is 2.23. The van der Waals surface area contributed by atoms with Crippen LogP contribution in [0.5, 0.6) is 0 Å². The lowest BCUT2D eigenvalue weighted by Crippen LogP contribution is -2.08. The molecule has 1 fully saturated rings. The van der Waals surface area contributed by atoms with E-state index < -0.39 is 0 Å². The number of ether oxygens (including phenoxy) is 1. The van der Waals surface area contributed by atoms with Crippen molar-refractivity contribution in [1.29, 1.82) is 5.26 Å². The van der Waals surface area contributed by atoms with Gasteiger partial charge in [-0.15, -0.1) is 0 Å². The van der Waals surface area contributed by atoms with Gasteiger partial charge in [0.2, 0.25) is 0 Å². The summed E-state index contributed by atoms with van der Waals surface area (Å²) in [6, 6.07) is 2.27. The summed E-state index contributed by atoms with van der Waals surface area (Å²) in [6.45, 7) is 0.913. The zero-order chi connectivity index (χ0) is 8.81. The minimum Gasteiger partial charge on any atom is -0.378 e. The second kappa shape index (κ2) is 5.55. The molecular weight excluding hydrogens is 218 g/mol. The summed E-state index contributed by atoms with van der Waals surface area (Å²) in [7, 11) is 0. The van der Waals surface area contributed by atoms with Crippen LogP contribution in [0, 0.1) is 17.2 Å². The summed E-state index contributed by atoms with van der Waals surface area (Å²) in [5.41, 5.74) is 0. The molecule has 2 unspecified atom stereocenters. The Morgan fingerprint density at radius 3 is 3.00 bits per heavy atom. The maximum Gasteiger partial charge on any atom is 0.0664 e. The van der Waals surface area contributed by atoms with Crippen LogP contribution < -0.4 is 0 Å². The normalized spacial score (nSPS) is 25.2. The zero-order valence-corrected chi connectivity index (χ0v) is 8.72. The standard InChI is InChI=1S/C9H14BrNO/c10-6-8(7-11)3-4-9-2-1-5-12-9/h8-9H,1-6H2. The van der Waals surface area contributed by atoms with Gasteiger partial charge in [-0.3, -0.25) is 0 Å². The fraction of sp³-hybridized carbons (Fsp3) is 0.889. The third kappa shape index (κ3) is 3.12. The van der Waals surface area contributed by atoms with Crippen molar-refractivity contribution < 1.29 is 4.74 Å². The molecule has 0 aliphatic carbocycles. The first-order chi connectivity index (χ1) is 5.86. The molecule has 3 heteroatoms. The summed E-state index contributed by atoms with van der Waals surface area (Å²) < 4.78 is 5.47. The maximum absolute atomic E-state index is 8.68. The molecule has 0 aromatic carbocycles. The molecule has 1 aliphatic rings. The van der Waals surface area contributed by atoms with E-state index in [0.29, 0.717) is 6.10 Å². The van der Waals surface area contributed by atoms with Crippen LogP contribution in [0.1, 0.15) is 25.7 Å². The minimum atomic E-state index is 0.161. The minimum absolute atomic E-state index is 0.161. The van der Waals surface area contributed by atoms with E-state index >= 15 is 0 Å². The fourth-order valence-corrected chi connectivity index (χ4v) is 1.90. The van der Waals surface area contributed by atoms with Gasteiger partial charge in [-0.2, -0.15) is 5.26 Å². The molecular formula is C9H14BrNO. The highest BCUT2D eigenvalue weighted by Crippen LogP contribution is 2.19. The van der Waals surface area contributed by atoms with Crippen molar-refractivity contribution in [3.05, 3.63) is 0 Å². The third-order valence-corrected chi connectivity index (χ3v) is 3.01. The molecule has 68 valence electrons. The van der Waals surface area contributed by atoms with Gasteiger partial charge in [0, 0.05) is 11.9 Å². The Labute approximate surface area is 82.0 Å². The molecule has 0 N–H and O–H groups in total. The smallest absolute Gasteiger partial charge is 0.0664 e. The van der Waals surface area contributed by atoms with Gasteiger partial charge in [-0.05, 0) is 25.7 Å². The van der Waals surface area contributed by atoms with E-state index in [0.717, 1.165) is 24.8 Å². The van der Waals surface area contributed by atoms with Crippen molar-refractivity contribution in [3.63, 3.8) is 0 Å². The molecule has 2 nitrogen and oxygen atoms in total. The molecule has 12 heavy (non-hydrogen) atoms. The summed E-state index contributed by atoms with van der Waals surface area (Å²) in [6.07, 6.45) is 4.81. The fourth-order valence-electron chi connectivity index (χ4n) is 1.44. The Balaban J connectivity index is 2.11. The van der Waals surface area contributed by atoms with E-state index in [1.165, 1.54) is 12.8 Å². The molecule has 0 saturated carbocycles. The zero-order valence-electron chi connectivity index (χ0n) is 7.13. The van der Waals surface area contributed by atoms with Crippen LogP contribution in [-0.4, -0.2) is 18.0 Å². The monoisotopic (exact) mass is 231 g/mol. The Morgan fingerprint density at radius 2 is 2.50 bits per heavy atom. The molecule has 0 bridgehead atoms. The first-order valence-electron chi connectivity index (χ1n) is 4.44. The van der Waals surface area contributed by atoms with E-state index in [1.54, 1.807) is 0 Å². The molecule has 1 aliphatic heterocycles. The van der Waals surface area contributed by atoms with Crippen molar-refractivity contribution in [2.24, 2.45) is 5.92 Å². The highest BCUT2D eigenvalue weighted by molar-refractivity contribution is 9.09.